The fraction of sp³-hybridized carbons (Fsp3) is 0.667. The van der Waals surface area contributed by atoms with E-state index in [0.717, 1.165) is 12.8 Å². The average Bonchev–Trinajstić information content (AvgIpc) is 2.47. The second-order valence-corrected chi connectivity index (χ2v) is 3.49. The fourth-order valence-corrected chi connectivity index (χ4v) is 1.78. The Labute approximate surface area is 57.2 Å². The van der Waals surface area contributed by atoms with Crippen LogP contribution in [-0.2, 0) is 11.1 Å². The van der Waals surface area contributed by atoms with Gasteiger partial charge in [0, 0.05) is 0 Å². The minimum absolute atomic E-state index is 0.0444. The molecule has 1 fully saturated rings. The molecule has 1 aliphatic rings. The highest BCUT2D eigenvalue weighted by Crippen LogP contribution is 2.37. The van der Waals surface area contributed by atoms with Gasteiger partial charge in [-0.2, -0.15) is 0 Å². The lowest BCUT2D eigenvalue weighted by Crippen LogP contribution is -1.96. The van der Waals surface area contributed by atoms with Crippen LogP contribution in [0.3, 0.4) is 0 Å². The molecule has 1 aliphatic carbocycles. The fourth-order valence-electron chi connectivity index (χ4n) is 0.929. The van der Waals surface area contributed by atoms with Gasteiger partial charge in [0.1, 0.15) is 0 Å². The first-order chi connectivity index (χ1) is 4.25. The van der Waals surface area contributed by atoms with Gasteiger partial charge >= 0.3 is 0 Å². The Morgan fingerprint density at radius 1 is 1.89 bits per heavy atom. The SMILES string of the molecule is C=CCC1CC1S(=O)O. The van der Waals surface area contributed by atoms with Gasteiger partial charge in [0.25, 0.3) is 0 Å². The van der Waals surface area contributed by atoms with Crippen molar-refractivity contribution in [1.29, 1.82) is 0 Å². The predicted molar refractivity (Wildman–Crippen MR) is 37.5 cm³/mol. The summed E-state index contributed by atoms with van der Waals surface area (Å²) >= 11 is -1.59. The van der Waals surface area contributed by atoms with Gasteiger partial charge in [0.05, 0.1) is 5.25 Å². The third-order valence-electron chi connectivity index (χ3n) is 1.59. The van der Waals surface area contributed by atoms with Crippen LogP contribution in [0.15, 0.2) is 12.7 Å². The lowest BCUT2D eigenvalue weighted by molar-refractivity contribution is 0.560. The van der Waals surface area contributed by atoms with Crippen LogP contribution in [0.4, 0.5) is 0 Å². The number of hydrogen-bond acceptors (Lipinski definition) is 1. The van der Waals surface area contributed by atoms with Crippen LogP contribution < -0.4 is 0 Å². The smallest absolute Gasteiger partial charge is 0.156 e. The first kappa shape index (κ1) is 6.96. The molecule has 2 nitrogen and oxygen atoms in total. The van der Waals surface area contributed by atoms with Gasteiger partial charge in [-0.25, -0.2) is 4.21 Å². The zero-order valence-electron chi connectivity index (χ0n) is 5.12. The molecule has 3 unspecified atom stereocenters. The van der Waals surface area contributed by atoms with Crippen molar-refractivity contribution in [3.05, 3.63) is 12.7 Å². The van der Waals surface area contributed by atoms with E-state index in [2.05, 4.69) is 6.58 Å². The van der Waals surface area contributed by atoms with Crippen molar-refractivity contribution >= 4 is 11.1 Å². The molecule has 0 aromatic rings. The van der Waals surface area contributed by atoms with Gasteiger partial charge in [-0.15, -0.1) is 6.58 Å². The molecule has 0 aromatic heterocycles. The molecule has 1 saturated carbocycles. The second-order valence-electron chi connectivity index (χ2n) is 2.33. The molecule has 0 aromatic carbocycles. The zero-order chi connectivity index (χ0) is 6.85. The van der Waals surface area contributed by atoms with E-state index in [1.165, 1.54) is 0 Å². The van der Waals surface area contributed by atoms with Gasteiger partial charge < -0.3 is 4.55 Å². The molecule has 1 rings (SSSR count). The summed E-state index contributed by atoms with van der Waals surface area (Å²) < 4.78 is 18.9. The maximum Gasteiger partial charge on any atom is 0.156 e. The number of allylic oxidation sites excluding steroid dienone is 1. The summed E-state index contributed by atoms with van der Waals surface area (Å²) in [4.78, 5) is 0. The molecule has 9 heavy (non-hydrogen) atoms. The molecule has 0 aliphatic heterocycles. The van der Waals surface area contributed by atoms with Crippen molar-refractivity contribution in [2.24, 2.45) is 5.92 Å². The molecule has 0 amide bonds. The molecule has 52 valence electrons. The summed E-state index contributed by atoms with van der Waals surface area (Å²) in [5.74, 6) is 0.438. The third-order valence-corrected chi connectivity index (χ3v) is 2.68. The van der Waals surface area contributed by atoms with E-state index in [1.54, 1.807) is 6.08 Å². The van der Waals surface area contributed by atoms with E-state index >= 15 is 0 Å². The lowest BCUT2D eigenvalue weighted by atomic mass is 10.3. The zero-order valence-corrected chi connectivity index (χ0v) is 5.93. The van der Waals surface area contributed by atoms with Crippen molar-refractivity contribution in [1.82, 2.24) is 0 Å². The average molecular weight is 146 g/mol. The van der Waals surface area contributed by atoms with Crippen LogP contribution in [0.2, 0.25) is 0 Å². The van der Waals surface area contributed by atoms with E-state index in [1.807, 2.05) is 0 Å². The Kier molecular flexibility index (Phi) is 2.03. The monoisotopic (exact) mass is 146 g/mol. The highest BCUT2D eigenvalue weighted by molar-refractivity contribution is 7.80. The Morgan fingerprint density at radius 2 is 2.56 bits per heavy atom. The van der Waals surface area contributed by atoms with Crippen molar-refractivity contribution in [2.75, 3.05) is 0 Å². The second kappa shape index (κ2) is 2.62. The largest absolute Gasteiger partial charge is 0.306 e. The summed E-state index contributed by atoms with van der Waals surface area (Å²) in [6, 6.07) is 0. The molecular formula is C6H10O2S. The van der Waals surface area contributed by atoms with Crippen LogP contribution in [-0.4, -0.2) is 14.0 Å². The third kappa shape index (κ3) is 1.63. The Morgan fingerprint density at radius 3 is 2.89 bits per heavy atom. The summed E-state index contributed by atoms with van der Waals surface area (Å²) in [6.07, 6.45) is 3.59. The first-order valence-corrected chi connectivity index (χ1v) is 4.13. The maximum absolute atomic E-state index is 10.3. The number of rotatable bonds is 3. The summed E-state index contributed by atoms with van der Waals surface area (Å²) in [5, 5.41) is 0.0444. The van der Waals surface area contributed by atoms with Crippen molar-refractivity contribution in [2.45, 2.75) is 18.1 Å². The summed E-state index contributed by atoms with van der Waals surface area (Å²) in [7, 11) is 0. The van der Waals surface area contributed by atoms with Crippen LogP contribution >= 0.6 is 0 Å². The van der Waals surface area contributed by atoms with Crippen LogP contribution in [0.1, 0.15) is 12.8 Å². The van der Waals surface area contributed by atoms with Gasteiger partial charge in [0.15, 0.2) is 11.1 Å². The Hall–Kier alpha value is -0.150. The van der Waals surface area contributed by atoms with Gasteiger partial charge in [0.2, 0.25) is 0 Å². The lowest BCUT2D eigenvalue weighted by Gasteiger charge is -1.87. The highest BCUT2D eigenvalue weighted by Gasteiger charge is 2.40. The van der Waals surface area contributed by atoms with E-state index in [-0.39, 0.29) is 5.25 Å². The quantitative estimate of drug-likeness (QED) is 0.479. The molecule has 3 heteroatoms. The Balaban J connectivity index is 2.24. The highest BCUT2D eigenvalue weighted by atomic mass is 32.2. The van der Waals surface area contributed by atoms with Gasteiger partial charge in [-0.3, -0.25) is 0 Å². The van der Waals surface area contributed by atoms with E-state index in [0.29, 0.717) is 5.92 Å². The molecular weight excluding hydrogens is 136 g/mol. The minimum Gasteiger partial charge on any atom is -0.306 e. The molecule has 0 radical (unpaired) electrons. The van der Waals surface area contributed by atoms with Crippen molar-refractivity contribution < 1.29 is 8.76 Å². The molecule has 3 atom stereocenters. The molecule has 0 heterocycles. The van der Waals surface area contributed by atoms with E-state index < -0.39 is 11.1 Å². The summed E-state index contributed by atoms with van der Waals surface area (Å²) in [6.45, 7) is 3.55. The molecule has 0 bridgehead atoms. The van der Waals surface area contributed by atoms with E-state index in [9.17, 15) is 4.21 Å². The van der Waals surface area contributed by atoms with Crippen LogP contribution in [0.25, 0.3) is 0 Å². The van der Waals surface area contributed by atoms with Crippen molar-refractivity contribution in [3.63, 3.8) is 0 Å². The first-order valence-electron chi connectivity index (χ1n) is 2.96. The predicted octanol–water partition coefficient (Wildman–Crippen LogP) is 1.17. The molecule has 0 spiro atoms. The minimum atomic E-state index is -1.59. The van der Waals surface area contributed by atoms with Gasteiger partial charge in [-0.05, 0) is 18.8 Å². The van der Waals surface area contributed by atoms with Crippen LogP contribution in [0.5, 0.6) is 0 Å². The van der Waals surface area contributed by atoms with Crippen LogP contribution in [0, 0.1) is 5.92 Å². The summed E-state index contributed by atoms with van der Waals surface area (Å²) in [5.41, 5.74) is 0. The standard InChI is InChI=1S/C6H10O2S/c1-2-3-5-4-6(5)9(7)8/h2,5-6H,1,3-4H2,(H,7,8). The normalized spacial score (nSPS) is 35.7. The topological polar surface area (TPSA) is 37.3 Å². The molecule has 0 saturated heterocycles. The number of hydrogen-bond donors (Lipinski definition) is 1. The van der Waals surface area contributed by atoms with Crippen molar-refractivity contribution in [3.8, 4) is 0 Å². The van der Waals surface area contributed by atoms with E-state index in [4.69, 9.17) is 4.55 Å². The maximum atomic E-state index is 10.3. The Bertz CT molecular complexity index is 144. The molecule has 1 N–H and O–H groups in total. The van der Waals surface area contributed by atoms with Gasteiger partial charge in [-0.1, -0.05) is 6.08 Å².